The van der Waals surface area contributed by atoms with Crippen LogP contribution in [-0.2, 0) is 14.3 Å². The van der Waals surface area contributed by atoms with Crippen LogP contribution in [0.15, 0.2) is 12.2 Å². The molecular formula is C15H22O3. The quantitative estimate of drug-likeness (QED) is 0.439. The third-order valence-electron chi connectivity index (χ3n) is 3.83. The summed E-state index contributed by atoms with van der Waals surface area (Å²) in [6.07, 6.45) is 6.33. The molecule has 1 saturated carbocycles. The van der Waals surface area contributed by atoms with E-state index in [4.69, 9.17) is 4.74 Å². The maximum Gasteiger partial charge on any atom is 0.316 e. The van der Waals surface area contributed by atoms with Gasteiger partial charge in [0, 0.05) is 5.92 Å². The number of hydrogen-bond donors (Lipinski definition) is 0. The SMILES string of the molecule is CC(C(=O)OC(C)(C)C)C(=O)C1CC2C=CC1C2. The van der Waals surface area contributed by atoms with Gasteiger partial charge in [0.15, 0.2) is 0 Å². The van der Waals surface area contributed by atoms with Crippen molar-refractivity contribution in [1.29, 1.82) is 0 Å². The van der Waals surface area contributed by atoms with Crippen LogP contribution in [0.2, 0.25) is 0 Å². The third kappa shape index (κ3) is 2.65. The molecule has 4 unspecified atom stereocenters. The lowest BCUT2D eigenvalue weighted by Gasteiger charge is -2.24. The van der Waals surface area contributed by atoms with Crippen LogP contribution in [0, 0.1) is 23.7 Å². The van der Waals surface area contributed by atoms with E-state index in [0.717, 1.165) is 12.8 Å². The third-order valence-corrected chi connectivity index (χ3v) is 3.83. The zero-order valence-corrected chi connectivity index (χ0v) is 11.6. The van der Waals surface area contributed by atoms with Crippen LogP contribution in [0.25, 0.3) is 0 Å². The van der Waals surface area contributed by atoms with Gasteiger partial charge in [0.25, 0.3) is 0 Å². The minimum absolute atomic E-state index is 0.0301. The first-order valence-electron chi connectivity index (χ1n) is 6.73. The number of Topliss-reactive ketones (excluding diaryl/α,β-unsaturated/α-hetero) is 1. The Labute approximate surface area is 109 Å². The van der Waals surface area contributed by atoms with Gasteiger partial charge in [0.2, 0.25) is 0 Å². The molecule has 0 aromatic heterocycles. The molecule has 2 aliphatic rings. The topological polar surface area (TPSA) is 43.4 Å². The lowest BCUT2D eigenvalue weighted by Crippen LogP contribution is -2.35. The number of carbonyl (C=O) groups excluding carboxylic acids is 2. The van der Waals surface area contributed by atoms with E-state index in [-0.39, 0.29) is 17.7 Å². The van der Waals surface area contributed by atoms with Gasteiger partial charge in [-0.15, -0.1) is 0 Å². The molecular weight excluding hydrogens is 228 g/mol. The Balaban J connectivity index is 1.97. The predicted octanol–water partition coefficient (Wildman–Crippen LogP) is 2.75. The Kier molecular flexibility index (Phi) is 3.35. The van der Waals surface area contributed by atoms with Gasteiger partial charge in [-0.1, -0.05) is 12.2 Å². The second-order valence-corrected chi connectivity index (χ2v) is 6.54. The van der Waals surface area contributed by atoms with Crippen LogP contribution in [0.4, 0.5) is 0 Å². The molecule has 2 bridgehead atoms. The summed E-state index contributed by atoms with van der Waals surface area (Å²) in [5, 5.41) is 0. The molecule has 0 N–H and O–H groups in total. The molecule has 3 nitrogen and oxygen atoms in total. The zero-order valence-electron chi connectivity index (χ0n) is 11.6. The number of ketones is 1. The average Bonchev–Trinajstić information content (AvgIpc) is 2.86. The van der Waals surface area contributed by atoms with Gasteiger partial charge in [-0.3, -0.25) is 9.59 Å². The van der Waals surface area contributed by atoms with Crippen LogP contribution in [-0.4, -0.2) is 17.4 Å². The molecule has 0 heterocycles. The van der Waals surface area contributed by atoms with Crippen molar-refractivity contribution in [2.45, 2.75) is 46.1 Å². The van der Waals surface area contributed by atoms with E-state index in [1.54, 1.807) is 6.92 Å². The fourth-order valence-electron chi connectivity index (χ4n) is 2.94. The van der Waals surface area contributed by atoms with Crippen LogP contribution in [0.1, 0.15) is 40.5 Å². The smallest absolute Gasteiger partial charge is 0.316 e. The van der Waals surface area contributed by atoms with Crippen molar-refractivity contribution in [3.63, 3.8) is 0 Å². The fraction of sp³-hybridized carbons (Fsp3) is 0.733. The lowest BCUT2D eigenvalue weighted by atomic mass is 9.84. The molecule has 0 spiro atoms. The maximum atomic E-state index is 12.3. The van der Waals surface area contributed by atoms with E-state index in [1.165, 1.54) is 0 Å². The number of rotatable bonds is 3. The number of esters is 1. The molecule has 0 aromatic carbocycles. The van der Waals surface area contributed by atoms with Crippen molar-refractivity contribution in [3.8, 4) is 0 Å². The van der Waals surface area contributed by atoms with Gasteiger partial charge in [-0.05, 0) is 52.4 Å². The van der Waals surface area contributed by atoms with Crippen molar-refractivity contribution >= 4 is 11.8 Å². The van der Waals surface area contributed by atoms with Gasteiger partial charge in [0.1, 0.15) is 17.3 Å². The second kappa shape index (κ2) is 4.52. The van der Waals surface area contributed by atoms with Gasteiger partial charge >= 0.3 is 5.97 Å². The Bertz CT molecular complexity index is 389. The summed E-state index contributed by atoms with van der Waals surface area (Å²) >= 11 is 0. The summed E-state index contributed by atoms with van der Waals surface area (Å²) in [6.45, 7) is 7.14. The van der Waals surface area contributed by atoms with Crippen molar-refractivity contribution in [1.82, 2.24) is 0 Å². The van der Waals surface area contributed by atoms with E-state index in [2.05, 4.69) is 12.2 Å². The highest BCUT2D eigenvalue weighted by Gasteiger charge is 2.43. The molecule has 0 saturated heterocycles. The summed E-state index contributed by atoms with van der Waals surface area (Å²) in [4.78, 5) is 24.2. The molecule has 1 fully saturated rings. The number of allylic oxidation sites excluding steroid dienone is 2. The van der Waals surface area contributed by atoms with Crippen LogP contribution < -0.4 is 0 Å². The second-order valence-electron chi connectivity index (χ2n) is 6.54. The molecule has 18 heavy (non-hydrogen) atoms. The maximum absolute atomic E-state index is 12.3. The minimum atomic E-state index is -0.637. The average molecular weight is 250 g/mol. The van der Waals surface area contributed by atoms with Gasteiger partial charge in [-0.2, -0.15) is 0 Å². The molecule has 4 atom stereocenters. The Morgan fingerprint density at radius 3 is 2.33 bits per heavy atom. The normalized spacial score (nSPS) is 31.4. The molecule has 2 rings (SSSR count). The van der Waals surface area contributed by atoms with Gasteiger partial charge in [0.05, 0.1) is 0 Å². The van der Waals surface area contributed by atoms with Gasteiger partial charge < -0.3 is 4.74 Å². The molecule has 2 aliphatic carbocycles. The summed E-state index contributed by atoms with van der Waals surface area (Å²) < 4.78 is 5.28. The Hall–Kier alpha value is -1.12. The highest BCUT2D eigenvalue weighted by atomic mass is 16.6. The van der Waals surface area contributed by atoms with Crippen LogP contribution in [0.5, 0.6) is 0 Å². The number of fused-ring (bicyclic) bond motifs is 2. The Morgan fingerprint density at radius 1 is 1.22 bits per heavy atom. The van der Waals surface area contributed by atoms with Gasteiger partial charge in [-0.25, -0.2) is 0 Å². The van der Waals surface area contributed by atoms with Crippen molar-refractivity contribution in [2.75, 3.05) is 0 Å². The number of carbonyl (C=O) groups is 2. The zero-order chi connectivity index (χ0) is 13.5. The van der Waals surface area contributed by atoms with Crippen LogP contribution >= 0.6 is 0 Å². The van der Waals surface area contributed by atoms with Crippen LogP contribution in [0.3, 0.4) is 0 Å². The molecule has 0 aliphatic heterocycles. The van der Waals surface area contributed by atoms with E-state index < -0.39 is 11.5 Å². The molecule has 0 radical (unpaired) electrons. The molecule has 0 amide bonds. The highest BCUT2D eigenvalue weighted by Crippen LogP contribution is 2.44. The van der Waals surface area contributed by atoms with E-state index in [0.29, 0.717) is 11.8 Å². The van der Waals surface area contributed by atoms with Crippen molar-refractivity contribution in [2.24, 2.45) is 23.7 Å². The summed E-state index contributed by atoms with van der Waals surface area (Å²) in [6, 6.07) is 0. The minimum Gasteiger partial charge on any atom is -0.459 e. The van der Waals surface area contributed by atoms with Crippen molar-refractivity contribution in [3.05, 3.63) is 12.2 Å². The van der Waals surface area contributed by atoms with E-state index in [1.807, 2.05) is 20.8 Å². The first-order valence-corrected chi connectivity index (χ1v) is 6.73. The lowest BCUT2D eigenvalue weighted by molar-refractivity contribution is -0.162. The number of ether oxygens (including phenoxy) is 1. The first-order chi connectivity index (χ1) is 8.28. The van der Waals surface area contributed by atoms with E-state index in [9.17, 15) is 9.59 Å². The molecule has 100 valence electrons. The summed E-state index contributed by atoms with van der Waals surface area (Å²) in [7, 11) is 0. The molecule has 0 aromatic rings. The molecule has 3 heteroatoms. The summed E-state index contributed by atoms with van der Waals surface area (Å²) in [5.74, 6) is -0.0352. The predicted molar refractivity (Wildman–Crippen MR) is 68.9 cm³/mol. The van der Waals surface area contributed by atoms with Crippen molar-refractivity contribution < 1.29 is 14.3 Å². The monoisotopic (exact) mass is 250 g/mol. The number of hydrogen-bond acceptors (Lipinski definition) is 3. The summed E-state index contributed by atoms with van der Waals surface area (Å²) in [5.41, 5.74) is -0.528. The Morgan fingerprint density at radius 2 is 1.89 bits per heavy atom. The standard InChI is InChI=1S/C15H22O3/c1-9(14(17)18-15(2,3)4)13(16)12-8-10-5-6-11(12)7-10/h5-6,9-12H,7-8H2,1-4H3. The van der Waals surface area contributed by atoms with E-state index >= 15 is 0 Å². The first kappa shape index (κ1) is 13.3. The highest BCUT2D eigenvalue weighted by molar-refractivity contribution is 6.00. The largest absolute Gasteiger partial charge is 0.459 e. The fourth-order valence-corrected chi connectivity index (χ4v) is 2.94.